The number of nitrogens with one attached hydrogen (secondary N) is 1. The van der Waals surface area contributed by atoms with E-state index in [-0.39, 0.29) is 19.2 Å². The Kier molecular flexibility index (Phi) is 8.66. The van der Waals surface area contributed by atoms with E-state index in [9.17, 15) is 9.90 Å². The van der Waals surface area contributed by atoms with Crippen LogP contribution in [-0.2, 0) is 4.79 Å². The number of pyridine rings is 1. The summed E-state index contributed by atoms with van der Waals surface area (Å²) in [5.41, 5.74) is 2.97. The van der Waals surface area contributed by atoms with Crippen molar-refractivity contribution in [2.24, 2.45) is 0 Å². The zero-order chi connectivity index (χ0) is 25.7. The Hall–Kier alpha value is -3.21. The van der Waals surface area contributed by atoms with Gasteiger partial charge in [0.2, 0.25) is 11.7 Å². The molecule has 0 saturated heterocycles. The summed E-state index contributed by atoms with van der Waals surface area (Å²) in [7, 11) is 1.98. The van der Waals surface area contributed by atoms with Crippen molar-refractivity contribution in [1.29, 1.82) is 0 Å². The summed E-state index contributed by atoms with van der Waals surface area (Å²) >= 11 is 6.44. The summed E-state index contributed by atoms with van der Waals surface area (Å²) in [5.74, 6) is 1.38. The number of carbonyl (C=O) groups excluding carboxylic acids is 1. The minimum atomic E-state index is -0.969. The van der Waals surface area contributed by atoms with E-state index in [1.54, 1.807) is 6.07 Å². The molecular weight excluding hydrogens is 474 g/mol. The maximum absolute atomic E-state index is 11.1. The Labute approximate surface area is 208 Å². The van der Waals surface area contributed by atoms with Gasteiger partial charge in [0.25, 0.3) is 5.89 Å². The quantitative estimate of drug-likeness (QED) is 0.381. The minimum Gasteiger partial charge on any atom is -0.489 e. The topological polar surface area (TPSA) is 134 Å². The van der Waals surface area contributed by atoms with Gasteiger partial charge in [0, 0.05) is 36.5 Å². The molecule has 35 heavy (non-hydrogen) atoms. The van der Waals surface area contributed by atoms with E-state index >= 15 is 0 Å². The van der Waals surface area contributed by atoms with Crippen LogP contribution in [0.1, 0.15) is 25.1 Å². The second kappa shape index (κ2) is 11.5. The molecule has 3 rings (SSSR count). The van der Waals surface area contributed by atoms with Gasteiger partial charge in [-0.25, -0.2) is 4.98 Å². The molecule has 0 aliphatic heterocycles. The van der Waals surface area contributed by atoms with E-state index in [4.69, 9.17) is 26.0 Å². The van der Waals surface area contributed by atoms with Crippen LogP contribution in [0.5, 0.6) is 5.75 Å². The van der Waals surface area contributed by atoms with E-state index in [1.165, 1.54) is 0 Å². The first kappa shape index (κ1) is 26.4. The van der Waals surface area contributed by atoms with Crippen molar-refractivity contribution in [1.82, 2.24) is 20.4 Å². The Morgan fingerprint density at radius 2 is 1.94 bits per heavy atom. The number of ether oxygens (including phenoxy) is 1. The number of carbonyl (C=O) groups is 1. The largest absolute Gasteiger partial charge is 0.489 e. The molecule has 0 radical (unpaired) electrons. The first-order valence-electron chi connectivity index (χ1n) is 11.1. The highest BCUT2D eigenvalue weighted by Crippen LogP contribution is 2.34. The van der Waals surface area contributed by atoms with Crippen LogP contribution in [-0.4, -0.2) is 70.2 Å². The van der Waals surface area contributed by atoms with E-state index in [2.05, 4.69) is 39.2 Å². The number of aliphatic hydroxyl groups excluding tert-OH is 2. The maximum Gasteiger partial charge on any atom is 0.258 e. The molecule has 1 amide bonds. The van der Waals surface area contributed by atoms with Crippen LogP contribution < -0.4 is 15.0 Å². The first-order valence-corrected chi connectivity index (χ1v) is 11.5. The molecule has 1 unspecified atom stereocenters. The molecule has 2 aromatic heterocycles. The molecule has 0 saturated carbocycles. The van der Waals surface area contributed by atoms with Crippen molar-refractivity contribution in [2.45, 2.75) is 39.8 Å². The smallest absolute Gasteiger partial charge is 0.258 e. The first-order chi connectivity index (χ1) is 16.6. The fourth-order valence-electron chi connectivity index (χ4n) is 3.25. The molecule has 10 nitrogen and oxygen atoms in total. The predicted octanol–water partition coefficient (Wildman–Crippen LogP) is 2.76. The number of nitrogens with zero attached hydrogens (tertiary/aromatic N) is 4. The Morgan fingerprint density at radius 1 is 1.20 bits per heavy atom. The Morgan fingerprint density at radius 3 is 2.60 bits per heavy atom. The predicted molar refractivity (Wildman–Crippen MR) is 133 cm³/mol. The van der Waals surface area contributed by atoms with Crippen LogP contribution in [0.15, 0.2) is 28.8 Å². The number of benzene rings is 1. The third-order valence-corrected chi connectivity index (χ3v) is 5.62. The van der Waals surface area contributed by atoms with Gasteiger partial charge < -0.3 is 29.7 Å². The molecule has 188 valence electrons. The van der Waals surface area contributed by atoms with Crippen LogP contribution >= 0.6 is 11.6 Å². The molecule has 2 heterocycles. The molecule has 0 aliphatic carbocycles. The fourth-order valence-corrected chi connectivity index (χ4v) is 3.57. The minimum absolute atomic E-state index is 0.0526. The highest BCUT2D eigenvalue weighted by molar-refractivity contribution is 6.32. The van der Waals surface area contributed by atoms with Crippen LogP contribution in [0, 0.1) is 13.8 Å². The number of hydrogen-bond donors (Lipinski definition) is 3. The summed E-state index contributed by atoms with van der Waals surface area (Å²) < 4.78 is 11.2. The van der Waals surface area contributed by atoms with Crippen molar-refractivity contribution >= 4 is 23.3 Å². The van der Waals surface area contributed by atoms with Gasteiger partial charge in [0.15, 0.2) is 0 Å². The molecular formula is C24H30ClN5O5. The lowest BCUT2D eigenvalue weighted by molar-refractivity contribution is -0.124. The van der Waals surface area contributed by atoms with Crippen molar-refractivity contribution in [3.63, 3.8) is 0 Å². The summed E-state index contributed by atoms with van der Waals surface area (Å²) in [4.78, 5) is 22.3. The van der Waals surface area contributed by atoms with Gasteiger partial charge in [-0.2, -0.15) is 4.98 Å². The number of aromatic nitrogens is 3. The molecule has 0 bridgehead atoms. The van der Waals surface area contributed by atoms with Gasteiger partial charge >= 0.3 is 0 Å². The molecule has 1 atom stereocenters. The molecule has 11 heteroatoms. The number of amides is 1. The normalized spacial score (nSPS) is 12.0. The highest BCUT2D eigenvalue weighted by Gasteiger charge is 2.18. The lowest BCUT2D eigenvalue weighted by Gasteiger charge is -2.23. The third-order valence-electron chi connectivity index (χ3n) is 5.33. The number of hydrogen-bond acceptors (Lipinski definition) is 9. The van der Waals surface area contributed by atoms with Gasteiger partial charge in [-0.05, 0) is 57.5 Å². The van der Waals surface area contributed by atoms with Gasteiger partial charge in [-0.15, -0.1) is 0 Å². The lowest BCUT2D eigenvalue weighted by atomic mass is 10.1. The van der Waals surface area contributed by atoms with Gasteiger partial charge in [-0.1, -0.05) is 16.8 Å². The second-order valence-electron chi connectivity index (χ2n) is 8.51. The summed E-state index contributed by atoms with van der Waals surface area (Å²) in [6.45, 7) is 7.11. The summed E-state index contributed by atoms with van der Waals surface area (Å²) in [6.07, 6.45) is -0.969. The number of aryl methyl sites for hydroxylation is 2. The fraction of sp³-hybridized carbons (Fsp3) is 0.417. The van der Waals surface area contributed by atoms with Crippen molar-refractivity contribution in [2.75, 3.05) is 31.7 Å². The number of aliphatic hydroxyl groups is 2. The zero-order valence-electron chi connectivity index (χ0n) is 20.4. The number of halogens is 1. The maximum atomic E-state index is 11.1. The number of rotatable bonds is 10. The molecule has 3 N–H and O–H groups in total. The van der Waals surface area contributed by atoms with E-state index in [0.717, 1.165) is 17.1 Å². The Bertz CT molecular complexity index is 1160. The van der Waals surface area contributed by atoms with Crippen LogP contribution in [0.4, 0.5) is 5.82 Å². The van der Waals surface area contributed by atoms with Crippen molar-refractivity contribution in [3.8, 4) is 28.6 Å². The third kappa shape index (κ3) is 6.68. The monoisotopic (exact) mass is 503 g/mol. The van der Waals surface area contributed by atoms with Crippen LogP contribution in [0.3, 0.4) is 0 Å². The standard InChI is InChI=1S/C24H30ClN5O5/c1-13(2)30(5)20-9-17(7-15(4)27-20)24-28-23(29-35-24)16-6-14(3)22(19(25)8-16)34-12-18(32)10-26-21(33)11-31/h6-9,13,18,31-32H,10-12H2,1-5H3,(H,26,33). The molecule has 0 aliphatic rings. The van der Waals surface area contributed by atoms with E-state index in [0.29, 0.717) is 33.6 Å². The number of anilines is 1. The lowest BCUT2D eigenvalue weighted by Crippen LogP contribution is -2.36. The molecule has 1 aromatic carbocycles. The SMILES string of the molecule is Cc1cc(-c2nc(-c3cc(C)c(OCC(O)CNC(=O)CO)c(Cl)c3)no2)cc(N(C)C(C)C)n1. The second-order valence-corrected chi connectivity index (χ2v) is 8.92. The zero-order valence-corrected chi connectivity index (χ0v) is 21.1. The Balaban J connectivity index is 1.77. The summed E-state index contributed by atoms with van der Waals surface area (Å²) in [6, 6.07) is 7.55. The molecule has 3 aromatic rings. The van der Waals surface area contributed by atoms with Gasteiger partial charge in [0.05, 0.1) is 5.02 Å². The average molecular weight is 504 g/mol. The molecule has 0 spiro atoms. The summed E-state index contributed by atoms with van der Waals surface area (Å²) in [5, 5.41) is 25.5. The average Bonchev–Trinajstić information content (AvgIpc) is 3.31. The van der Waals surface area contributed by atoms with Gasteiger partial charge in [-0.3, -0.25) is 4.79 Å². The van der Waals surface area contributed by atoms with E-state index < -0.39 is 18.6 Å². The van der Waals surface area contributed by atoms with Crippen molar-refractivity contribution in [3.05, 3.63) is 40.5 Å². The highest BCUT2D eigenvalue weighted by atomic mass is 35.5. The van der Waals surface area contributed by atoms with E-state index in [1.807, 2.05) is 39.1 Å². The van der Waals surface area contributed by atoms with Crippen molar-refractivity contribution < 1.29 is 24.3 Å². The van der Waals surface area contributed by atoms with Crippen LogP contribution in [0.2, 0.25) is 5.02 Å². The van der Waals surface area contributed by atoms with Gasteiger partial charge in [0.1, 0.15) is 30.9 Å². The van der Waals surface area contributed by atoms with Crippen LogP contribution in [0.25, 0.3) is 22.8 Å². The molecule has 0 fully saturated rings.